The summed E-state index contributed by atoms with van der Waals surface area (Å²) in [5.74, 6) is 1.06. The Balaban J connectivity index is 1.46. The number of aromatic hydroxyl groups is 1. The molecule has 30 heavy (non-hydrogen) atoms. The molecule has 0 amide bonds. The van der Waals surface area contributed by atoms with Crippen molar-refractivity contribution in [1.82, 2.24) is 0 Å². The maximum Gasteiger partial charge on any atom is 0.123 e. The van der Waals surface area contributed by atoms with Crippen molar-refractivity contribution in [2.75, 3.05) is 18.0 Å². The molecule has 0 unspecified atom stereocenters. The Morgan fingerprint density at radius 3 is 2.37 bits per heavy atom. The number of hydrogen-bond donors (Lipinski definition) is 1. The molecule has 0 radical (unpaired) electrons. The summed E-state index contributed by atoms with van der Waals surface area (Å²) < 4.78 is 0. The molecule has 1 N–H and O–H groups in total. The molecule has 3 nitrogen and oxygen atoms in total. The lowest BCUT2D eigenvalue weighted by atomic mass is 9.56. The van der Waals surface area contributed by atoms with Crippen LogP contribution in [0.5, 0.6) is 5.75 Å². The second kappa shape index (κ2) is 8.09. The number of aryl methyl sites for hydroxylation is 1. The van der Waals surface area contributed by atoms with E-state index in [1.165, 1.54) is 60.9 Å². The highest BCUT2D eigenvalue weighted by Crippen LogP contribution is 2.56. The van der Waals surface area contributed by atoms with E-state index in [1.54, 1.807) is 0 Å². The number of phenolic OH excluding ortho intramolecular Hbond substituents is 1. The highest BCUT2D eigenvalue weighted by atomic mass is 16.3. The highest BCUT2D eigenvalue weighted by molar-refractivity contribution is 5.56. The molecule has 1 saturated heterocycles. The van der Waals surface area contributed by atoms with Crippen LogP contribution >= 0.6 is 0 Å². The number of fused-ring (bicyclic) bond motifs is 1. The van der Waals surface area contributed by atoms with Crippen LogP contribution in [0.3, 0.4) is 0 Å². The fourth-order valence-electron chi connectivity index (χ4n) is 6.45. The lowest BCUT2D eigenvalue weighted by molar-refractivity contribution is -0.111. The number of rotatable bonds is 3. The van der Waals surface area contributed by atoms with Crippen molar-refractivity contribution in [3.63, 3.8) is 0 Å². The Bertz CT molecular complexity index is 890. The van der Waals surface area contributed by atoms with E-state index < -0.39 is 0 Å². The van der Waals surface area contributed by atoms with Gasteiger partial charge in [-0.3, -0.25) is 0 Å². The van der Waals surface area contributed by atoms with Gasteiger partial charge in [0.15, 0.2) is 0 Å². The Hall–Kier alpha value is -2.29. The highest BCUT2D eigenvalue weighted by Gasteiger charge is 2.44. The van der Waals surface area contributed by atoms with E-state index in [0.29, 0.717) is 17.1 Å². The zero-order valence-electron chi connectivity index (χ0n) is 17.9. The number of aldehydes is 1. The summed E-state index contributed by atoms with van der Waals surface area (Å²) >= 11 is 0. The third-order valence-electron chi connectivity index (χ3n) is 8.12. The first kappa shape index (κ1) is 19.7. The summed E-state index contributed by atoms with van der Waals surface area (Å²) in [4.78, 5) is 13.5. The predicted octanol–water partition coefficient (Wildman–Crippen LogP) is 5.84. The zero-order chi connectivity index (χ0) is 20.6. The Labute approximate surface area is 180 Å². The molecule has 1 aliphatic heterocycles. The van der Waals surface area contributed by atoms with Crippen LogP contribution < -0.4 is 4.90 Å². The average molecular weight is 404 g/mol. The number of nitrogens with zero attached hydrogens (tertiary/aromatic N) is 1. The van der Waals surface area contributed by atoms with Crippen LogP contribution in [0, 0.1) is 11.3 Å². The topological polar surface area (TPSA) is 40.5 Å². The average Bonchev–Trinajstić information content (AvgIpc) is 2.80. The lowest BCUT2D eigenvalue weighted by Crippen LogP contribution is -2.36. The fraction of sp³-hybridized carbons (Fsp3) is 0.519. The second-order valence-electron chi connectivity index (χ2n) is 9.79. The zero-order valence-corrected chi connectivity index (χ0v) is 17.9. The number of carbonyl (C=O) groups excluding carboxylic acids is 1. The fourth-order valence-corrected chi connectivity index (χ4v) is 6.45. The molecule has 2 aromatic carbocycles. The summed E-state index contributed by atoms with van der Waals surface area (Å²) in [6.07, 6.45) is 12.1. The van der Waals surface area contributed by atoms with E-state index in [9.17, 15) is 9.90 Å². The maximum absolute atomic E-state index is 11.1. The van der Waals surface area contributed by atoms with E-state index in [1.807, 2.05) is 12.1 Å². The van der Waals surface area contributed by atoms with Crippen LogP contribution in [-0.4, -0.2) is 24.5 Å². The van der Waals surface area contributed by atoms with E-state index in [-0.39, 0.29) is 5.92 Å². The standard InChI is InChI=1S/C27H33NO2/c29-19-20-11-16-28(17-12-20)23-6-4-21(5-7-23)26-25-9-8-24(30)18-22(25)10-15-27(26)13-2-1-3-14-27/h4-9,18-20,26,30H,1-3,10-17H2/t26-/m1/s1. The quantitative estimate of drug-likeness (QED) is 0.655. The van der Waals surface area contributed by atoms with Crippen LogP contribution in [0.2, 0.25) is 0 Å². The summed E-state index contributed by atoms with van der Waals surface area (Å²) in [6.45, 7) is 1.94. The maximum atomic E-state index is 11.1. The molecular formula is C27H33NO2. The van der Waals surface area contributed by atoms with Crippen LogP contribution in [-0.2, 0) is 11.2 Å². The van der Waals surface area contributed by atoms with Crippen molar-refractivity contribution in [2.24, 2.45) is 11.3 Å². The summed E-state index contributed by atoms with van der Waals surface area (Å²) in [5, 5.41) is 10.0. The van der Waals surface area contributed by atoms with Crippen LogP contribution in [0.15, 0.2) is 42.5 Å². The number of hydrogen-bond acceptors (Lipinski definition) is 3. The van der Waals surface area contributed by atoms with E-state index in [2.05, 4.69) is 35.2 Å². The first-order valence-corrected chi connectivity index (χ1v) is 11.8. The van der Waals surface area contributed by atoms with Gasteiger partial charge in [-0.1, -0.05) is 37.5 Å². The first-order chi connectivity index (χ1) is 14.7. The van der Waals surface area contributed by atoms with Gasteiger partial charge in [-0.05, 0) is 84.9 Å². The smallest absolute Gasteiger partial charge is 0.123 e. The molecule has 2 aliphatic carbocycles. The number of phenols is 1. The summed E-state index contributed by atoms with van der Waals surface area (Å²) in [7, 11) is 0. The molecule has 5 rings (SSSR count). The Morgan fingerprint density at radius 1 is 0.933 bits per heavy atom. The molecule has 2 fully saturated rings. The molecular weight excluding hydrogens is 370 g/mol. The largest absolute Gasteiger partial charge is 0.508 e. The van der Waals surface area contributed by atoms with Crippen molar-refractivity contribution in [2.45, 2.75) is 63.7 Å². The minimum atomic E-state index is 0.238. The molecule has 1 atom stereocenters. The Kier molecular flexibility index (Phi) is 5.30. The van der Waals surface area contributed by atoms with Crippen molar-refractivity contribution in [1.29, 1.82) is 0 Å². The van der Waals surface area contributed by atoms with E-state index in [4.69, 9.17) is 0 Å². The van der Waals surface area contributed by atoms with Gasteiger partial charge in [0, 0.05) is 30.6 Å². The number of piperidine rings is 1. The molecule has 2 aromatic rings. The van der Waals surface area contributed by atoms with Gasteiger partial charge < -0.3 is 14.8 Å². The van der Waals surface area contributed by atoms with Gasteiger partial charge in [0.2, 0.25) is 0 Å². The predicted molar refractivity (Wildman–Crippen MR) is 121 cm³/mol. The summed E-state index contributed by atoms with van der Waals surface area (Å²) in [6, 6.07) is 15.3. The van der Waals surface area contributed by atoms with Gasteiger partial charge in [0.25, 0.3) is 0 Å². The molecule has 1 saturated carbocycles. The van der Waals surface area contributed by atoms with Gasteiger partial charge in [-0.15, -0.1) is 0 Å². The minimum absolute atomic E-state index is 0.238. The van der Waals surface area contributed by atoms with Crippen molar-refractivity contribution in [3.8, 4) is 5.75 Å². The van der Waals surface area contributed by atoms with Gasteiger partial charge in [0.1, 0.15) is 12.0 Å². The number of benzene rings is 2. The SMILES string of the molecule is O=CC1CCN(c2ccc([C@@H]3c4ccc(O)cc4CCC34CCCCC4)cc2)CC1. The monoisotopic (exact) mass is 403 g/mol. The van der Waals surface area contributed by atoms with Gasteiger partial charge in [-0.2, -0.15) is 0 Å². The van der Waals surface area contributed by atoms with E-state index >= 15 is 0 Å². The normalized spacial score (nSPS) is 23.9. The van der Waals surface area contributed by atoms with Crippen molar-refractivity contribution >= 4 is 12.0 Å². The van der Waals surface area contributed by atoms with Crippen LogP contribution in [0.4, 0.5) is 5.69 Å². The van der Waals surface area contributed by atoms with Crippen LogP contribution in [0.1, 0.15) is 74.0 Å². The van der Waals surface area contributed by atoms with Gasteiger partial charge in [-0.25, -0.2) is 0 Å². The van der Waals surface area contributed by atoms with Crippen molar-refractivity contribution in [3.05, 3.63) is 59.2 Å². The van der Waals surface area contributed by atoms with Crippen molar-refractivity contribution < 1.29 is 9.90 Å². The molecule has 158 valence electrons. The molecule has 0 bridgehead atoms. The lowest BCUT2D eigenvalue weighted by Gasteiger charge is -2.48. The number of anilines is 1. The third-order valence-corrected chi connectivity index (χ3v) is 8.12. The van der Waals surface area contributed by atoms with Gasteiger partial charge >= 0.3 is 0 Å². The summed E-state index contributed by atoms with van der Waals surface area (Å²) in [5.41, 5.74) is 5.83. The first-order valence-electron chi connectivity index (χ1n) is 11.8. The Morgan fingerprint density at radius 2 is 1.67 bits per heavy atom. The molecule has 1 heterocycles. The van der Waals surface area contributed by atoms with E-state index in [0.717, 1.165) is 38.6 Å². The third kappa shape index (κ3) is 3.53. The molecule has 3 heteroatoms. The van der Waals surface area contributed by atoms with Gasteiger partial charge in [0.05, 0.1) is 0 Å². The minimum Gasteiger partial charge on any atom is -0.508 e. The number of carbonyl (C=O) groups is 1. The van der Waals surface area contributed by atoms with Crippen LogP contribution in [0.25, 0.3) is 0 Å². The molecule has 0 aromatic heterocycles. The second-order valence-corrected chi connectivity index (χ2v) is 9.79. The molecule has 1 spiro atoms. The molecule has 3 aliphatic rings.